The van der Waals surface area contributed by atoms with E-state index in [9.17, 15) is 0 Å². The fourth-order valence-electron chi connectivity index (χ4n) is 2.72. The highest BCUT2D eigenvalue weighted by Crippen LogP contribution is 2.25. The minimum Gasteiger partial charge on any atom is -0.377 e. The van der Waals surface area contributed by atoms with Gasteiger partial charge in [-0.1, -0.05) is 0 Å². The van der Waals surface area contributed by atoms with E-state index in [2.05, 4.69) is 11.8 Å². The van der Waals surface area contributed by atoms with Gasteiger partial charge in [0.1, 0.15) is 0 Å². The van der Waals surface area contributed by atoms with Crippen molar-refractivity contribution in [1.82, 2.24) is 4.90 Å². The van der Waals surface area contributed by atoms with Crippen molar-refractivity contribution in [1.29, 1.82) is 0 Å². The molecule has 0 aromatic heterocycles. The van der Waals surface area contributed by atoms with Gasteiger partial charge in [-0.15, -0.1) is 0 Å². The highest BCUT2D eigenvalue weighted by Gasteiger charge is 2.31. The van der Waals surface area contributed by atoms with Gasteiger partial charge in [-0.3, -0.25) is 4.90 Å². The van der Waals surface area contributed by atoms with Crippen LogP contribution in [0, 0.1) is 0 Å². The van der Waals surface area contributed by atoms with Crippen LogP contribution in [0.4, 0.5) is 0 Å². The van der Waals surface area contributed by atoms with Gasteiger partial charge in [-0.2, -0.15) is 0 Å². The largest absolute Gasteiger partial charge is 0.377 e. The smallest absolute Gasteiger partial charge is 0.0625 e. The summed E-state index contributed by atoms with van der Waals surface area (Å²) in [7, 11) is 0. The van der Waals surface area contributed by atoms with Crippen LogP contribution in [-0.2, 0) is 4.74 Å². The average molecular weight is 198 g/mol. The molecule has 2 heterocycles. The van der Waals surface area contributed by atoms with Gasteiger partial charge in [0.2, 0.25) is 0 Å². The van der Waals surface area contributed by atoms with E-state index in [0.29, 0.717) is 18.2 Å². The molecule has 0 radical (unpaired) electrons. The number of likely N-dealkylation sites (tertiary alicyclic amines) is 1. The van der Waals surface area contributed by atoms with Crippen molar-refractivity contribution >= 4 is 0 Å². The number of ether oxygens (including phenoxy) is 1. The molecular formula is C11H22N2O. The lowest BCUT2D eigenvalue weighted by Gasteiger charge is -2.36. The fourth-order valence-corrected chi connectivity index (χ4v) is 2.72. The molecule has 14 heavy (non-hydrogen) atoms. The Bertz CT molecular complexity index is 178. The Balaban J connectivity index is 1.88. The first-order chi connectivity index (χ1) is 6.81. The van der Waals surface area contributed by atoms with Crippen LogP contribution in [0.1, 0.15) is 32.6 Å². The summed E-state index contributed by atoms with van der Waals surface area (Å²) in [6.45, 7) is 5.12. The first kappa shape index (κ1) is 10.4. The molecule has 82 valence electrons. The molecule has 3 nitrogen and oxygen atoms in total. The second kappa shape index (κ2) is 4.60. The van der Waals surface area contributed by atoms with Crippen LogP contribution >= 0.6 is 0 Å². The third-order valence-corrected chi connectivity index (χ3v) is 3.64. The SMILES string of the molecule is CC1CCC(N2CCCC2CN)CO1. The summed E-state index contributed by atoms with van der Waals surface area (Å²) >= 11 is 0. The van der Waals surface area contributed by atoms with Gasteiger partial charge < -0.3 is 10.5 Å². The minimum absolute atomic E-state index is 0.463. The summed E-state index contributed by atoms with van der Waals surface area (Å²) in [5, 5.41) is 0. The van der Waals surface area contributed by atoms with Crippen LogP contribution in [0.5, 0.6) is 0 Å². The maximum Gasteiger partial charge on any atom is 0.0625 e. The number of hydrogen-bond acceptors (Lipinski definition) is 3. The Labute approximate surface area is 86.6 Å². The van der Waals surface area contributed by atoms with Gasteiger partial charge in [-0.25, -0.2) is 0 Å². The normalized spacial score (nSPS) is 40.3. The van der Waals surface area contributed by atoms with Crippen molar-refractivity contribution in [2.45, 2.75) is 50.8 Å². The van der Waals surface area contributed by atoms with Gasteiger partial charge in [-0.05, 0) is 39.2 Å². The molecule has 2 aliphatic heterocycles. The van der Waals surface area contributed by atoms with Gasteiger partial charge in [0, 0.05) is 18.6 Å². The summed E-state index contributed by atoms with van der Waals surface area (Å²) in [5.74, 6) is 0. The summed E-state index contributed by atoms with van der Waals surface area (Å²) in [6, 6.07) is 1.26. The van der Waals surface area contributed by atoms with Crippen molar-refractivity contribution in [3.8, 4) is 0 Å². The molecule has 2 N–H and O–H groups in total. The molecule has 2 saturated heterocycles. The van der Waals surface area contributed by atoms with E-state index >= 15 is 0 Å². The maximum atomic E-state index is 5.78. The lowest BCUT2D eigenvalue weighted by Crippen LogP contribution is -2.47. The third kappa shape index (κ3) is 2.10. The van der Waals surface area contributed by atoms with E-state index in [0.717, 1.165) is 13.2 Å². The Morgan fingerprint density at radius 2 is 2.21 bits per heavy atom. The summed E-state index contributed by atoms with van der Waals surface area (Å²) in [4.78, 5) is 2.58. The van der Waals surface area contributed by atoms with Crippen LogP contribution in [0.15, 0.2) is 0 Å². The van der Waals surface area contributed by atoms with Crippen LogP contribution < -0.4 is 5.73 Å². The molecule has 0 spiro atoms. The predicted molar refractivity (Wildman–Crippen MR) is 57.2 cm³/mol. The Morgan fingerprint density at radius 3 is 2.86 bits per heavy atom. The second-order valence-electron chi connectivity index (χ2n) is 4.64. The average Bonchev–Trinajstić information content (AvgIpc) is 2.67. The lowest BCUT2D eigenvalue weighted by atomic mass is 10.0. The molecule has 0 aromatic rings. The molecule has 0 amide bonds. The molecule has 0 saturated carbocycles. The first-order valence-corrected chi connectivity index (χ1v) is 5.88. The van der Waals surface area contributed by atoms with Gasteiger partial charge in [0.25, 0.3) is 0 Å². The van der Waals surface area contributed by atoms with E-state index in [1.54, 1.807) is 0 Å². The molecule has 2 aliphatic rings. The molecule has 0 aliphatic carbocycles. The summed E-state index contributed by atoms with van der Waals surface area (Å²) < 4.78 is 5.71. The molecule has 2 fully saturated rings. The number of nitrogens with two attached hydrogens (primary N) is 1. The van der Waals surface area contributed by atoms with Gasteiger partial charge >= 0.3 is 0 Å². The molecule has 3 atom stereocenters. The predicted octanol–water partition coefficient (Wildman–Crippen LogP) is 0.977. The topological polar surface area (TPSA) is 38.5 Å². The zero-order valence-electron chi connectivity index (χ0n) is 9.11. The second-order valence-corrected chi connectivity index (χ2v) is 4.64. The Kier molecular flexibility index (Phi) is 3.42. The van der Waals surface area contributed by atoms with Crippen molar-refractivity contribution in [2.75, 3.05) is 19.7 Å². The van der Waals surface area contributed by atoms with Crippen LogP contribution in [0.25, 0.3) is 0 Å². The van der Waals surface area contributed by atoms with Crippen molar-refractivity contribution < 1.29 is 4.74 Å². The number of rotatable bonds is 2. The quantitative estimate of drug-likeness (QED) is 0.719. The Morgan fingerprint density at radius 1 is 1.36 bits per heavy atom. The Hall–Kier alpha value is -0.120. The number of nitrogens with zero attached hydrogens (tertiary/aromatic N) is 1. The monoisotopic (exact) mass is 198 g/mol. The molecule has 2 rings (SSSR count). The molecule has 3 heteroatoms. The van der Waals surface area contributed by atoms with Crippen LogP contribution in [-0.4, -0.2) is 42.8 Å². The standard InChI is InChI=1S/C11H22N2O/c1-9-4-5-11(8-14-9)13-6-2-3-10(13)7-12/h9-11H,2-8,12H2,1H3. The van der Waals surface area contributed by atoms with Crippen molar-refractivity contribution in [2.24, 2.45) is 5.73 Å². The zero-order chi connectivity index (χ0) is 9.97. The van der Waals surface area contributed by atoms with E-state index in [4.69, 9.17) is 10.5 Å². The van der Waals surface area contributed by atoms with E-state index in [-0.39, 0.29) is 0 Å². The summed E-state index contributed by atoms with van der Waals surface area (Å²) in [5.41, 5.74) is 5.78. The highest BCUT2D eigenvalue weighted by molar-refractivity contribution is 4.87. The van der Waals surface area contributed by atoms with E-state index in [1.165, 1.54) is 32.2 Å². The lowest BCUT2D eigenvalue weighted by molar-refractivity contribution is -0.0304. The molecular weight excluding hydrogens is 176 g/mol. The van der Waals surface area contributed by atoms with Gasteiger partial charge in [0.05, 0.1) is 12.7 Å². The van der Waals surface area contributed by atoms with Crippen molar-refractivity contribution in [3.63, 3.8) is 0 Å². The molecule has 0 aromatic carbocycles. The number of hydrogen-bond donors (Lipinski definition) is 1. The van der Waals surface area contributed by atoms with Crippen LogP contribution in [0.2, 0.25) is 0 Å². The van der Waals surface area contributed by atoms with Crippen molar-refractivity contribution in [3.05, 3.63) is 0 Å². The molecule has 0 bridgehead atoms. The zero-order valence-corrected chi connectivity index (χ0v) is 9.11. The highest BCUT2D eigenvalue weighted by atomic mass is 16.5. The van der Waals surface area contributed by atoms with E-state index in [1.807, 2.05) is 0 Å². The fraction of sp³-hybridized carbons (Fsp3) is 1.00. The summed E-state index contributed by atoms with van der Waals surface area (Å²) in [6.07, 6.45) is 5.55. The molecule has 3 unspecified atom stereocenters. The van der Waals surface area contributed by atoms with E-state index < -0.39 is 0 Å². The first-order valence-electron chi connectivity index (χ1n) is 5.88. The van der Waals surface area contributed by atoms with Gasteiger partial charge in [0.15, 0.2) is 0 Å². The minimum atomic E-state index is 0.463. The third-order valence-electron chi connectivity index (χ3n) is 3.64. The maximum absolute atomic E-state index is 5.78. The van der Waals surface area contributed by atoms with Crippen LogP contribution in [0.3, 0.4) is 0 Å².